The highest BCUT2D eigenvalue weighted by Gasteiger charge is 2.54. The number of amides is 3. The fourth-order valence-electron chi connectivity index (χ4n) is 4.47. The number of phenols is 1. The van der Waals surface area contributed by atoms with E-state index in [0.717, 1.165) is 9.58 Å². The van der Waals surface area contributed by atoms with Gasteiger partial charge in [0.1, 0.15) is 28.9 Å². The standard InChI is InChI=1S/C26H22N6O8S/c1-12-11-41-24-18(23(37)31(24)19(12)25(38)39)28-20(34)16(13-7-9-15(33)10-8-13)27-21(35)17-22(36)29-26(40)32(30-17)14-5-3-2-4-6-14/h2-10,16,18,24,33H,11H2,1H3,(H,27,35)(H,28,34)(H,38,39)(H,29,36,40)/t16-,18-,24-/m1/s1. The Hall–Kier alpha value is -5.18. The second kappa shape index (κ2) is 10.8. The second-order valence-corrected chi connectivity index (χ2v) is 10.3. The molecule has 3 heterocycles. The van der Waals surface area contributed by atoms with Gasteiger partial charge in [-0.25, -0.2) is 9.59 Å². The number of carboxylic acid groups (broad SMARTS) is 1. The van der Waals surface area contributed by atoms with E-state index in [-0.39, 0.29) is 22.7 Å². The Balaban J connectivity index is 1.43. The lowest BCUT2D eigenvalue weighted by molar-refractivity contribution is -0.151. The number of H-pyrrole nitrogens is 1. The molecule has 3 atom stereocenters. The molecule has 0 radical (unpaired) electrons. The third-order valence-corrected chi connectivity index (χ3v) is 7.89. The van der Waals surface area contributed by atoms with E-state index in [1.165, 1.54) is 48.2 Å². The molecule has 15 heteroatoms. The summed E-state index contributed by atoms with van der Waals surface area (Å²) < 4.78 is 0.823. The number of carboxylic acids is 1. The molecule has 3 aromatic rings. The maximum atomic E-state index is 13.5. The molecule has 2 aliphatic heterocycles. The zero-order chi connectivity index (χ0) is 29.4. The summed E-state index contributed by atoms with van der Waals surface area (Å²) in [6, 6.07) is 10.8. The van der Waals surface area contributed by atoms with Crippen LogP contribution in [0.3, 0.4) is 0 Å². The quantitative estimate of drug-likeness (QED) is 0.235. The van der Waals surface area contributed by atoms with Crippen molar-refractivity contribution in [2.45, 2.75) is 24.4 Å². The predicted octanol–water partition coefficient (Wildman–Crippen LogP) is -0.144. The van der Waals surface area contributed by atoms with Crippen LogP contribution >= 0.6 is 11.8 Å². The topological polar surface area (TPSA) is 204 Å². The largest absolute Gasteiger partial charge is 0.508 e. The normalized spacial score (nSPS) is 18.7. The Morgan fingerprint density at radius 3 is 2.41 bits per heavy atom. The van der Waals surface area contributed by atoms with Crippen LogP contribution < -0.4 is 21.9 Å². The van der Waals surface area contributed by atoms with Gasteiger partial charge in [-0.3, -0.25) is 29.1 Å². The first kappa shape index (κ1) is 27.4. The van der Waals surface area contributed by atoms with Crippen LogP contribution in [-0.2, 0) is 14.4 Å². The molecule has 14 nitrogen and oxygen atoms in total. The molecule has 1 saturated heterocycles. The summed E-state index contributed by atoms with van der Waals surface area (Å²) >= 11 is 1.28. The van der Waals surface area contributed by atoms with E-state index in [9.17, 15) is 39.0 Å². The highest BCUT2D eigenvalue weighted by Crippen LogP contribution is 2.40. The number of hydrogen-bond acceptors (Lipinski definition) is 9. The number of hydrogen-bond donors (Lipinski definition) is 5. The number of rotatable bonds is 7. The third kappa shape index (κ3) is 5.09. The Bertz CT molecular complexity index is 1720. The molecule has 210 valence electrons. The average Bonchev–Trinajstić information content (AvgIpc) is 2.95. The van der Waals surface area contributed by atoms with Crippen LogP contribution in [0.5, 0.6) is 5.75 Å². The number of β-lactam (4-membered cyclic amide) rings is 1. The van der Waals surface area contributed by atoms with E-state index in [1.54, 1.807) is 25.1 Å². The number of nitrogens with one attached hydrogen (secondary N) is 3. The number of aliphatic carboxylic acids is 1. The minimum Gasteiger partial charge on any atom is -0.508 e. The lowest BCUT2D eigenvalue weighted by Gasteiger charge is -2.49. The molecular weight excluding hydrogens is 556 g/mol. The van der Waals surface area contributed by atoms with Gasteiger partial charge in [-0.1, -0.05) is 30.3 Å². The van der Waals surface area contributed by atoms with Crippen molar-refractivity contribution < 1.29 is 29.4 Å². The second-order valence-electron chi connectivity index (χ2n) is 9.18. The van der Waals surface area contributed by atoms with Crippen molar-refractivity contribution in [3.8, 4) is 11.4 Å². The number of thioether (sulfide) groups is 1. The number of carbonyl (C=O) groups excluding carboxylic acids is 3. The summed E-state index contributed by atoms with van der Waals surface area (Å²) in [7, 11) is 0. The van der Waals surface area contributed by atoms with Gasteiger partial charge in [0.2, 0.25) is 11.6 Å². The molecule has 0 bridgehead atoms. The third-order valence-electron chi connectivity index (χ3n) is 6.47. The summed E-state index contributed by atoms with van der Waals surface area (Å²) in [5.74, 6) is -3.58. The Labute approximate surface area is 234 Å². The smallest absolute Gasteiger partial charge is 0.352 e. The summed E-state index contributed by atoms with van der Waals surface area (Å²) in [5, 5.41) is 27.5. The molecule has 0 spiro atoms. The van der Waals surface area contributed by atoms with Crippen molar-refractivity contribution in [1.29, 1.82) is 0 Å². The van der Waals surface area contributed by atoms with E-state index in [0.29, 0.717) is 11.3 Å². The number of fused-ring (bicyclic) bond motifs is 1. The zero-order valence-corrected chi connectivity index (χ0v) is 22.0. The molecule has 5 N–H and O–H groups in total. The Morgan fingerprint density at radius 1 is 1.07 bits per heavy atom. The van der Waals surface area contributed by atoms with Crippen molar-refractivity contribution in [1.82, 2.24) is 30.3 Å². The molecule has 0 saturated carbocycles. The SMILES string of the molecule is CC1=C(C(=O)O)N2C(=O)[C@@H](NC(=O)[C@H](NC(=O)c3nn(-c4ccccc4)c(=O)[nH]c3=O)c3ccc(O)cc3)[C@H]2SC1. The van der Waals surface area contributed by atoms with E-state index >= 15 is 0 Å². The Morgan fingerprint density at radius 2 is 1.76 bits per heavy atom. The summed E-state index contributed by atoms with van der Waals surface area (Å²) in [5.41, 5.74) is -1.82. The van der Waals surface area contributed by atoms with Gasteiger partial charge < -0.3 is 20.8 Å². The summed E-state index contributed by atoms with van der Waals surface area (Å²) in [4.78, 5) is 79.3. The highest BCUT2D eigenvalue weighted by molar-refractivity contribution is 8.00. The average molecular weight is 579 g/mol. The van der Waals surface area contributed by atoms with E-state index in [1.807, 2.05) is 4.98 Å². The molecule has 5 rings (SSSR count). The first-order valence-electron chi connectivity index (χ1n) is 12.1. The number of aromatic hydroxyl groups is 1. The molecule has 1 fully saturated rings. The molecule has 3 amide bonds. The number of aromatic amines is 1. The number of carbonyl (C=O) groups is 4. The molecule has 0 aliphatic carbocycles. The molecular formula is C26H22N6O8S. The van der Waals surface area contributed by atoms with Gasteiger partial charge in [-0.2, -0.15) is 9.78 Å². The summed E-state index contributed by atoms with van der Waals surface area (Å²) in [6.45, 7) is 1.61. The first-order chi connectivity index (χ1) is 19.6. The lowest BCUT2D eigenvalue weighted by atomic mass is 10.0. The number of aromatic nitrogens is 3. The fourth-order valence-corrected chi connectivity index (χ4v) is 5.76. The van der Waals surface area contributed by atoms with E-state index in [2.05, 4.69) is 15.7 Å². The number of phenolic OH excluding ortho intramolecular Hbond substituents is 1. The van der Waals surface area contributed by atoms with Gasteiger partial charge in [0.05, 0.1) is 5.69 Å². The molecule has 2 aliphatic rings. The molecule has 0 unspecified atom stereocenters. The van der Waals surface area contributed by atoms with Crippen LogP contribution in [0.25, 0.3) is 5.69 Å². The number of para-hydroxylation sites is 1. The van der Waals surface area contributed by atoms with Crippen LogP contribution in [-0.4, -0.2) is 70.7 Å². The van der Waals surface area contributed by atoms with Gasteiger partial charge >= 0.3 is 11.7 Å². The molecule has 1 aromatic heterocycles. The first-order valence-corrected chi connectivity index (χ1v) is 13.2. The summed E-state index contributed by atoms with van der Waals surface area (Å²) in [6.07, 6.45) is 0. The van der Waals surface area contributed by atoms with Gasteiger partial charge in [0.15, 0.2) is 0 Å². The highest BCUT2D eigenvalue weighted by atomic mass is 32.2. The minimum absolute atomic E-state index is 0.112. The minimum atomic E-state index is -1.46. The van der Waals surface area contributed by atoms with Crippen LogP contribution in [0, 0.1) is 0 Å². The van der Waals surface area contributed by atoms with Crippen LogP contribution in [0.4, 0.5) is 0 Å². The lowest BCUT2D eigenvalue weighted by Crippen LogP contribution is -2.71. The van der Waals surface area contributed by atoms with Crippen molar-refractivity contribution in [3.05, 3.63) is 98.0 Å². The number of benzene rings is 2. The van der Waals surface area contributed by atoms with E-state index in [4.69, 9.17) is 0 Å². The van der Waals surface area contributed by atoms with Crippen LogP contribution in [0.15, 0.2) is 75.5 Å². The fraction of sp³-hybridized carbons (Fsp3) is 0.192. The maximum absolute atomic E-state index is 13.5. The van der Waals surface area contributed by atoms with Crippen molar-refractivity contribution in [2.24, 2.45) is 0 Å². The number of nitrogens with zero attached hydrogens (tertiary/aromatic N) is 3. The predicted molar refractivity (Wildman–Crippen MR) is 144 cm³/mol. The van der Waals surface area contributed by atoms with Crippen molar-refractivity contribution in [3.63, 3.8) is 0 Å². The van der Waals surface area contributed by atoms with Crippen LogP contribution in [0.1, 0.15) is 29.0 Å². The van der Waals surface area contributed by atoms with Crippen molar-refractivity contribution in [2.75, 3.05) is 5.75 Å². The van der Waals surface area contributed by atoms with E-state index < -0.39 is 58.1 Å². The molecule has 41 heavy (non-hydrogen) atoms. The monoisotopic (exact) mass is 578 g/mol. The zero-order valence-electron chi connectivity index (χ0n) is 21.2. The van der Waals surface area contributed by atoms with Gasteiger partial charge in [0, 0.05) is 5.75 Å². The van der Waals surface area contributed by atoms with Crippen molar-refractivity contribution >= 4 is 35.5 Å². The Kier molecular flexibility index (Phi) is 7.19. The van der Waals surface area contributed by atoms with Gasteiger partial charge in [0.25, 0.3) is 17.4 Å². The molecule has 2 aromatic carbocycles. The van der Waals surface area contributed by atoms with Crippen LogP contribution in [0.2, 0.25) is 0 Å². The van der Waals surface area contributed by atoms with Gasteiger partial charge in [-0.05, 0) is 42.3 Å². The van der Waals surface area contributed by atoms with Gasteiger partial charge in [-0.15, -0.1) is 11.8 Å². The maximum Gasteiger partial charge on any atom is 0.352 e.